The minimum absolute atomic E-state index is 0.248. The van der Waals surface area contributed by atoms with Crippen LogP contribution in [0.25, 0.3) is 0 Å². The Balaban J connectivity index is 1.91. The van der Waals surface area contributed by atoms with E-state index >= 15 is 0 Å². The van der Waals surface area contributed by atoms with E-state index in [4.69, 9.17) is 23.7 Å². The van der Waals surface area contributed by atoms with Crippen molar-refractivity contribution in [3.63, 3.8) is 0 Å². The normalized spacial score (nSPS) is 10.0. The number of nitrogens with one attached hydrogen (secondary N) is 1. The molecule has 0 aliphatic rings. The fourth-order valence-electron chi connectivity index (χ4n) is 2.50. The van der Waals surface area contributed by atoms with Crippen molar-refractivity contribution in [2.24, 2.45) is 0 Å². The van der Waals surface area contributed by atoms with E-state index in [1.807, 2.05) is 0 Å². The minimum atomic E-state index is -0.765. The van der Waals surface area contributed by atoms with Crippen LogP contribution in [0.1, 0.15) is 20.7 Å². The summed E-state index contributed by atoms with van der Waals surface area (Å²) >= 11 is 0. The molecule has 0 fully saturated rings. The van der Waals surface area contributed by atoms with Gasteiger partial charge in [0.25, 0.3) is 5.91 Å². The number of hydrogen-bond acceptors (Lipinski definition) is 8. The molecule has 2 rings (SSSR count). The summed E-state index contributed by atoms with van der Waals surface area (Å²) in [6, 6.07) is 9.29. The van der Waals surface area contributed by atoms with Crippen LogP contribution in [0.5, 0.6) is 23.0 Å². The van der Waals surface area contributed by atoms with E-state index in [2.05, 4.69) is 5.32 Å². The molecule has 2 aromatic rings. The van der Waals surface area contributed by atoms with Crippen LogP contribution in [0.15, 0.2) is 36.4 Å². The van der Waals surface area contributed by atoms with Gasteiger partial charge in [0.05, 0.1) is 34.0 Å². The Morgan fingerprint density at radius 3 is 2.00 bits per heavy atom. The molecule has 30 heavy (non-hydrogen) atoms. The second kappa shape index (κ2) is 10.7. The van der Waals surface area contributed by atoms with Gasteiger partial charge in [-0.2, -0.15) is 0 Å². The molecule has 0 aliphatic heterocycles. The Hall–Kier alpha value is -3.75. The summed E-state index contributed by atoms with van der Waals surface area (Å²) < 4.78 is 25.4. The Labute approximate surface area is 173 Å². The highest BCUT2D eigenvalue weighted by atomic mass is 16.5. The fourth-order valence-corrected chi connectivity index (χ4v) is 2.50. The van der Waals surface area contributed by atoms with E-state index in [0.717, 1.165) is 0 Å². The first-order chi connectivity index (χ1) is 14.4. The fraction of sp³-hybridized carbons (Fsp3) is 0.286. The van der Waals surface area contributed by atoms with Gasteiger partial charge in [-0.3, -0.25) is 14.4 Å². The number of benzene rings is 2. The third-order valence-corrected chi connectivity index (χ3v) is 4.08. The van der Waals surface area contributed by atoms with E-state index in [0.29, 0.717) is 23.0 Å². The van der Waals surface area contributed by atoms with Crippen LogP contribution < -0.4 is 24.3 Å². The minimum Gasteiger partial charge on any atom is -0.497 e. The van der Waals surface area contributed by atoms with Crippen LogP contribution in [0.2, 0.25) is 0 Å². The molecule has 0 radical (unpaired) electrons. The van der Waals surface area contributed by atoms with Gasteiger partial charge in [-0.05, 0) is 24.3 Å². The first-order valence-electron chi connectivity index (χ1n) is 8.84. The monoisotopic (exact) mass is 417 g/mol. The Kier molecular flexibility index (Phi) is 8.04. The van der Waals surface area contributed by atoms with Crippen LogP contribution in [-0.2, 0) is 9.53 Å². The first-order valence-corrected chi connectivity index (χ1v) is 8.84. The van der Waals surface area contributed by atoms with Crippen molar-refractivity contribution in [3.05, 3.63) is 47.5 Å². The van der Waals surface area contributed by atoms with Crippen LogP contribution in [0, 0.1) is 0 Å². The van der Waals surface area contributed by atoms with Gasteiger partial charge in [0.2, 0.25) is 5.78 Å². The number of carbonyl (C=O) groups excluding carboxylic acids is 3. The van der Waals surface area contributed by atoms with Crippen molar-refractivity contribution < 1.29 is 38.1 Å². The molecule has 1 N–H and O–H groups in total. The van der Waals surface area contributed by atoms with Gasteiger partial charge in [0.15, 0.2) is 6.61 Å². The number of methoxy groups -OCH3 is 4. The smallest absolute Gasteiger partial charge is 0.325 e. The summed E-state index contributed by atoms with van der Waals surface area (Å²) in [7, 11) is 5.83. The number of amides is 1. The SMILES string of the molecule is COc1cc(OC)cc(C(=O)NCC(=O)OCC(=O)c2ccc(OC)cc2OC)c1. The highest BCUT2D eigenvalue weighted by molar-refractivity contribution is 6.01. The number of ether oxygens (including phenoxy) is 5. The Morgan fingerprint density at radius 1 is 0.800 bits per heavy atom. The number of ketones is 1. The number of carbonyl (C=O) groups is 3. The Morgan fingerprint density at radius 2 is 1.43 bits per heavy atom. The highest BCUT2D eigenvalue weighted by Gasteiger charge is 2.17. The number of rotatable bonds is 10. The molecule has 9 nitrogen and oxygen atoms in total. The summed E-state index contributed by atoms with van der Waals surface area (Å²) in [5.41, 5.74) is 0.497. The van der Waals surface area contributed by atoms with Gasteiger partial charge in [0, 0.05) is 17.7 Å². The standard InChI is InChI=1S/C21H23NO8/c1-26-14-5-6-17(19(10-14)29-4)18(23)12-30-20(24)11-22-21(25)13-7-15(27-2)9-16(8-13)28-3/h5-10H,11-12H2,1-4H3,(H,22,25). The third kappa shape index (κ3) is 5.87. The maximum atomic E-state index is 12.3. The molecule has 0 saturated carbocycles. The third-order valence-electron chi connectivity index (χ3n) is 4.08. The lowest BCUT2D eigenvalue weighted by Crippen LogP contribution is -2.31. The zero-order valence-corrected chi connectivity index (χ0v) is 17.1. The predicted octanol–water partition coefficient (Wildman–Crippen LogP) is 1.88. The van der Waals surface area contributed by atoms with Crippen LogP contribution in [0.3, 0.4) is 0 Å². The van der Waals surface area contributed by atoms with Gasteiger partial charge in [0.1, 0.15) is 29.5 Å². The van der Waals surface area contributed by atoms with Gasteiger partial charge in [-0.1, -0.05) is 0 Å². The van der Waals surface area contributed by atoms with Crippen molar-refractivity contribution in [2.45, 2.75) is 0 Å². The highest BCUT2D eigenvalue weighted by Crippen LogP contribution is 2.25. The summed E-state index contributed by atoms with van der Waals surface area (Å²) in [4.78, 5) is 36.5. The van der Waals surface area contributed by atoms with E-state index in [1.165, 1.54) is 46.6 Å². The molecule has 0 aromatic heterocycles. The molecule has 0 bridgehead atoms. The zero-order chi connectivity index (χ0) is 22.1. The Bertz CT molecular complexity index is 903. The van der Waals surface area contributed by atoms with E-state index < -0.39 is 30.8 Å². The summed E-state index contributed by atoms with van der Waals surface area (Å²) in [5, 5.41) is 2.43. The molecule has 0 heterocycles. The first kappa shape index (κ1) is 22.5. The molecule has 0 aliphatic carbocycles. The predicted molar refractivity (Wildman–Crippen MR) is 107 cm³/mol. The van der Waals surface area contributed by atoms with Crippen molar-refractivity contribution in [2.75, 3.05) is 41.6 Å². The molecule has 9 heteroatoms. The van der Waals surface area contributed by atoms with Crippen molar-refractivity contribution in [1.82, 2.24) is 5.32 Å². The van der Waals surface area contributed by atoms with Gasteiger partial charge in [-0.25, -0.2) is 0 Å². The van der Waals surface area contributed by atoms with Crippen molar-refractivity contribution in [1.29, 1.82) is 0 Å². The molecule has 0 atom stereocenters. The molecule has 2 aromatic carbocycles. The van der Waals surface area contributed by atoms with E-state index in [9.17, 15) is 14.4 Å². The molecule has 160 valence electrons. The number of esters is 1. The maximum absolute atomic E-state index is 12.3. The summed E-state index contributed by atoms with van der Waals surface area (Å²) in [6.07, 6.45) is 0. The van der Waals surface area contributed by atoms with Crippen molar-refractivity contribution in [3.8, 4) is 23.0 Å². The average Bonchev–Trinajstić information content (AvgIpc) is 2.79. The van der Waals surface area contributed by atoms with Gasteiger partial charge < -0.3 is 29.0 Å². The number of hydrogen-bond donors (Lipinski definition) is 1. The van der Waals surface area contributed by atoms with Crippen LogP contribution >= 0.6 is 0 Å². The average molecular weight is 417 g/mol. The molecule has 0 unspecified atom stereocenters. The zero-order valence-electron chi connectivity index (χ0n) is 17.1. The largest absolute Gasteiger partial charge is 0.497 e. The summed E-state index contributed by atoms with van der Waals surface area (Å²) in [5.74, 6) is -0.0479. The van der Waals surface area contributed by atoms with Crippen molar-refractivity contribution >= 4 is 17.7 Å². The molecule has 1 amide bonds. The lowest BCUT2D eigenvalue weighted by Gasteiger charge is -2.11. The molecular weight excluding hydrogens is 394 g/mol. The van der Waals surface area contributed by atoms with E-state index in [-0.39, 0.29) is 11.1 Å². The molecule has 0 spiro atoms. The topological polar surface area (TPSA) is 109 Å². The quantitative estimate of drug-likeness (QED) is 0.461. The number of Topliss-reactive ketones (excluding diaryl/α,β-unsaturated/α-hetero) is 1. The lowest BCUT2D eigenvalue weighted by atomic mass is 10.1. The second-order valence-electron chi connectivity index (χ2n) is 5.93. The lowest BCUT2D eigenvalue weighted by molar-refractivity contribution is -0.141. The van der Waals surface area contributed by atoms with Gasteiger partial charge in [-0.15, -0.1) is 0 Å². The molecule has 0 saturated heterocycles. The van der Waals surface area contributed by atoms with Crippen LogP contribution in [0.4, 0.5) is 0 Å². The summed E-state index contributed by atoms with van der Waals surface area (Å²) in [6.45, 7) is -0.907. The van der Waals surface area contributed by atoms with Crippen LogP contribution in [-0.4, -0.2) is 59.3 Å². The maximum Gasteiger partial charge on any atom is 0.325 e. The van der Waals surface area contributed by atoms with Gasteiger partial charge >= 0.3 is 5.97 Å². The molecular formula is C21H23NO8. The van der Waals surface area contributed by atoms with E-state index in [1.54, 1.807) is 18.2 Å². The second-order valence-corrected chi connectivity index (χ2v) is 5.93.